The number of nitrogens with zero attached hydrogens (tertiary/aromatic N) is 1. The van der Waals surface area contributed by atoms with Gasteiger partial charge in [0, 0.05) is 42.7 Å². The molecule has 1 atom stereocenters. The van der Waals surface area contributed by atoms with Gasteiger partial charge in [0.25, 0.3) is 0 Å². The second-order valence-electron chi connectivity index (χ2n) is 6.82. The third-order valence-electron chi connectivity index (χ3n) is 4.53. The maximum Gasteiger partial charge on any atom is 0.0532 e. The maximum absolute atomic E-state index is 5.50. The van der Waals surface area contributed by atoms with Crippen molar-refractivity contribution in [3.8, 4) is 0 Å². The first-order valence-electron chi connectivity index (χ1n) is 8.26. The van der Waals surface area contributed by atoms with E-state index in [1.807, 2.05) is 11.3 Å². The number of rotatable bonds is 7. The highest BCUT2D eigenvalue weighted by Gasteiger charge is 2.28. The van der Waals surface area contributed by atoms with Crippen molar-refractivity contribution in [2.75, 3.05) is 31.7 Å². The topological polar surface area (TPSA) is 24.5 Å². The standard InChI is InChI=1S/C19H26N2OS/c1-19(9-10-22-15-19)14-20-12-16-5-7-17(8-6-16)21(2)13-18-4-3-11-23-18/h3-8,11,20H,9-10,12-15H2,1-2H3. The molecule has 1 saturated heterocycles. The van der Waals surface area contributed by atoms with Crippen LogP contribution in [-0.2, 0) is 17.8 Å². The zero-order valence-corrected chi connectivity index (χ0v) is 14.9. The Labute approximate surface area is 143 Å². The molecule has 0 amide bonds. The summed E-state index contributed by atoms with van der Waals surface area (Å²) in [5.74, 6) is 0. The second kappa shape index (κ2) is 7.47. The molecule has 1 unspecified atom stereocenters. The van der Waals surface area contributed by atoms with Gasteiger partial charge in [0.1, 0.15) is 0 Å². The zero-order chi connectivity index (χ0) is 16.1. The fourth-order valence-electron chi connectivity index (χ4n) is 2.95. The first-order chi connectivity index (χ1) is 11.1. The third kappa shape index (κ3) is 4.56. The van der Waals surface area contributed by atoms with Gasteiger partial charge in [0.05, 0.1) is 13.2 Å². The number of ether oxygens (including phenoxy) is 1. The lowest BCUT2D eigenvalue weighted by molar-refractivity contribution is 0.158. The Balaban J connectivity index is 1.48. The van der Waals surface area contributed by atoms with Gasteiger partial charge < -0.3 is 15.0 Å². The van der Waals surface area contributed by atoms with Crippen LogP contribution in [0, 0.1) is 5.41 Å². The van der Waals surface area contributed by atoms with Crippen LogP contribution >= 0.6 is 11.3 Å². The lowest BCUT2D eigenvalue weighted by Crippen LogP contribution is -2.31. The van der Waals surface area contributed by atoms with Gasteiger partial charge in [-0.25, -0.2) is 0 Å². The van der Waals surface area contributed by atoms with Gasteiger partial charge in [-0.05, 0) is 35.6 Å². The summed E-state index contributed by atoms with van der Waals surface area (Å²) < 4.78 is 5.50. The lowest BCUT2D eigenvalue weighted by Gasteiger charge is -2.22. The number of thiophene rings is 1. The van der Waals surface area contributed by atoms with Crippen LogP contribution in [0.1, 0.15) is 23.8 Å². The summed E-state index contributed by atoms with van der Waals surface area (Å²) >= 11 is 1.81. The van der Waals surface area contributed by atoms with E-state index in [0.29, 0.717) is 5.41 Å². The van der Waals surface area contributed by atoms with Crippen LogP contribution in [-0.4, -0.2) is 26.8 Å². The average Bonchev–Trinajstić information content (AvgIpc) is 3.20. The first kappa shape index (κ1) is 16.5. The Morgan fingerprint density at radius 3 is 2.74 bits per heavy atom. The van der Waals surface area contributed by atoms with E-state index in [9.17, 15) is 0 Å². The Hall–Kier alpha value is -1.36. The van der Waals surface area contributed by atoms with Gasteiger partial charge in [-0.15, -0.1) is 11.3 Å². The van der Waals surface area contributed by atoms with E-state index in [2.05, 4.69) is 66.0 Å². The predicted molar refractivity (Wildman–Crippen MR) is 98.1 cm³/mol. The molecule has 0 radical (unpaired) electrons. The highest BCUT2D eigenvalue weighted by atomic mass is 32.1. The molecule has 1 aromatic heterocycles. The molecular formula is C19H26N2OS. The van der Waals surface area contributed by atoms with Crippen LogP contribution in [0.5, 0.6) is 0 Å². The molecule has 2 heterocycles. The minimum atomic E-state index is 0.306. The highest BCUT2D eigenvalue weighted by Crippen LogP contribution is 2.26. The smallest absolute Gasteiger partial charge is 0.0532 e. The van der Waals surface area contributed by atoms with Crippen molar-refractivity contribution in [2.24, 2.45) is 5.41 Å². The number of hydrogen-bond acceptors (Lipinski definition) is 4. The Kier molecular flexibility index (Phi) is 5.36. The zero-order valence-electron chi connectivity index (χ0n) is 14.0. The molecule has 1 aliphatic heterocycles. The molecule has 1 aromatic carbocycles. The second-order valence-corrected chi connectivity index (χ2v) is 7.85. The Bertz CT molecular complexity index is 588. The minimum absolute atomic E-state index is 0.306. The summed E-state index contributed by atoms with van der Waals surface area (Å²) in [5.41, 5.74) is 2.90. The molecule has 0 spiro atoms. The van der Waals surface area contributed by atoms with Crippen LogP contribution < -0.4 is 10.2 Å². The minimum Gasteiger partial charge on any atom is -0.381 e. The summed E-state index contributed by atoms with van der Waals surface area (Å²) in [6.45, 7) is 7.00. The van der Waals surface area contributed by atoms with Crippen LogP contribution in [0.15, 0.2) is 41.8 Å². The third-order valence-corrected chi connectivity index (χ3v) is 5.39. The van der Waals surface area contributed by atoms with Gasteiger partial charge in [-0.1, -0.05) is 25.1 Å². The molecule has 3 rings (SSSR count). The predicted octanol–water partition coefficient (Wildman–Crippen LogP) is 3.90. The average molecular weight is 330 g/mol. The summed E-state index contributed by atoms with van der Waals surface area (Å²) in [4.78, 5) is 3.69. The van der Waals surface area contributed by atoms with Crippen molar-refractivity contribution in [1.82, 2.24) is 5.32 Å². The highest BCUT2D eigenvalue weighted by molar-refractivity contribution is 7.09. The van der Waals surface area contributed by atoms with Gasteiger partial charge in [-0.3, -0.25) is 0 Å². The monoisotopic (exact) mass is 330 g/mol. The first-order valence-corrected chi connectivity index (χ1v) is 9.14. The number of nitrogens with one attached hydrogen (secondary N) is 1. The van der Waals surface area contributed by atoms with Crippen molar-refractivity contribution in [1.29, 1.82) is 0 Å². The van der Waals surface area contributed by atoms with Crippen LogP contribution in [0.4, 0.5) is 5.69 Å². The van der Waals surface area contributed by atoms with E-state index in [1.54, 1.807) is 0 Å². The van der Waals surface area contributed by atoms with Crippen LogP contribution in [0.2, 0.25) is 0 Å². The molecule has 4 heteroatoms. The lowest BCUT2D eigenvalue weighted by atomic mass is 9.90. The van der Waals surface area contributed by atoms with E-state index >= 15 is 0 Å². The maximum atomic E-state index is 5.50. The molecule has 1 N–H and O–H groups in total. The summed E-state index contributed by atoms with van der Waals surface area (Å²) in [7, 11) is 2.15. The van der Waals surface area contributed by atoms with E-state index in [4.69, 9.17) is 4.74 Å². The SMILES string of the molecule is CN(Cc1cccs1)c1ccc(CNCC2(C)CCOC2)cc1. The molecule has 3 nitrogen and oxygen atoms in total. The molecule has 2 aromatic rings. The van der Waals surface area contributed by atoms with Gasteiger partial charge >= 0.3 is 0 Å². The van der Waals surface area contributed by atoms with Crippen molar-refractivity contribution in [3.05, 3.63) is 52.2 Å². The number of hydrogen-bond donors (Lipinski definition) is 1. The number of benzene rings is 1. The summed E-state index contributed by atoms with van der Waals surface area (Å²) in [5, 5.41) is 5.71. The largest absolute Gasteiger partial charge is 0.381 e. The van der Waals surface area contributed by atoms with E-state index < -0.39 is 0 Å². The van der Waals surface area contributed by atoms with Gasteiger partial charge in [-0.2, -0.15) is 0 Å². The quantitative estimate of drug-likeness (QED) is 0.833. The molecule has 0 bridgehead atoms. The fraction of sp³-hybridized carbons (Fsp3) is 0.474. The fourth-order valence-corrected chi connectivity index (χ4v) is 3.71. The van der Waals surface area contributed by atoms with Crippen molar-refractivity contribution >= 4 is 17.0 Å². The van der Waals surface area contributed by atoms with Crippen molar-refractivity contribution in [3.63, 3.8) is 0 Å². The summed E-state index contributed by atoms with van der Waals surface area (Å²) in [6, 6.07) is 13.2. The van der Waals surface area contributed by atoms with E-state index in [1.165, 1.54) is 16.1 Å². The summed E-state index contributed by atoms with van der Waals surface area (Å²) in [6.07, 6.45) is 1.16. The Morgan fingerprint density at radius 1 is 1.26 bits per heavy atom. The van der Waals surface area contributed by atoms with Crippen molar-refractivity contribution in [2.45, 2.75) is 26.4 Å². The molecule has 1 aliphatic rings. The van der Waals surface area contributed by atoms with Crippen molar-refractivity contribution < 1.29 is 4.74 Å². The molecule has 0 aliphatic carbocycles. The van der Waals surface area contributed by atoms with Crippen LogP contribution in [0.3, 0.4) is 0 Å². The normalized spacial score (nSPS) is 20.8. The molecule has 1 fully saturated rings. The molecular weight excluding hydrogens is 304 g/mol. The van der Waals surface area contributed by atoms with Gasteiger partial charge in [0.2, 0.25) is 0 Å². The van der Waals surface area contributed by atoms with Gasteiger partial charge in [0.15, 0.2) is 0 Å². The van der Waals surface area contributed by atoms with E-state index in [-0.39, 0.29) is 0 Å². The number of anilines is 1. The molecule has 23 heavy (non-hydrogen) atoms. The molecule has 0 saturated carbocycles. The molecule has 124 valence electrons. The van der Waals surface area contributed by atoms with Crippen LogP contribution in [0.25, 0.3) is 0 Å². The Morgan fingerprint density at radius 2 is 2.09 bits per heavy atom. The van der Waals surface area contributed by atoms with E-state index in [0.717, 1.165) is 39.3 Å².